The van der Waals surface area contributed by atoms with Gasteiger partial charge in [0.1, 0.15) is 5.00 Å². The molecule has 0 atom stereocenters. The maximum atomic E-state index is 12.8. The van der Waals surface area contributed by atoms with Gasteiger partial charge in [0.15, 0.2) is 0 Å². The lowest BCUT2D eigenvalue weighted by Crippen LogP contribution is -2.49. The van der Waals surface area contributed by atoms with E-state index in [4.69, 9.17) is 9.47 Å². The molecule has 0 radical (unpaired) electrons. The summed E-state index contributed by atoms with van der Waals surface area (Å²) in [6.07, 6.45) is 0.623. The van der Waals surface area contributed by atoms with Gasteiger partial charge in [-0.2, -0.15) is 0 Å². The summed E-state index contributed by atoms with van der Waals surface area (Å²) in [4.78, 5) is 30.5. The first-order chi connectivity index (χ1) is 12.8. The Kier molecular flexibility index (Phi) is 6.08. The highest BCUT2D eigenvalue weighted by molar-refractivity contribution is 7.17. The molecule has 3 heterocycles. The minimum absolute atomic E-state index is 0.157. The second-order valence-corrected chi connectivity index (χ2v) is 8.61. The monoisotopic (exact) mass is 395 g/mol. The predicted molar refractivity (Wildman–Crippen MR) is 106 cm³/mol. The summed E-state index contributed by atoms with van der Waals surface area (Å²) in [5.41, 5.74) is 1.10. The highest BCUT2D eigenvalue weighted by atomic mass is 32.1. The molecule has 3 rings (SSSR count). The summed E-state index contributed by atoms with van der Waals surface area (Å²) >= 11 is 1.42. The number of esters is 1. The van der Waals surface area contributed by atoms with E-state index >= 15 is 0 Å². The average molecular weight is 396 g/mol. The molecule has 8 heteroatoms. The second kappa shape index (κ2) is 8.16. The van der Waals surface area contributed by atoms with E-state index in [1.54, 1.807) is 11.8 Å². The summed E-state index contributed by atoms with van der Waals surface area (Å²) in [6.45, 7) is 12.8. The molecule has 0 bridgehead atoms. The fraction of sp³-hybridized carbons (Fsp3) is 0.684. The molecule has 7 nitrogen and oxygen atoms in total. The number of rotatable bonds is 4. The molecular formula is C19H29N3O4S. The van der Waals surface area contributed by atoms with E-state index in [1.807, 2.05) is 13.8 Å². The number of fused-ring (bicyclic) bond motifs is 1. The molecule has 27 heavy (non-hydrogen) atoms. The van der Waals surface area contributed by atoms with Crippen molar-refractivity contribution < 1.29 is 19.1 Å². The van der Waals surface area contributed by atoms with Gasteiger partial charge in [-0.3, -0.25) is 5.32 Å². The molecule has 1 aromatic heterocycles. The molecule has 2 aliphatic rings. The lowest BCUT2D eigenvalue weighted by Gasteiger charge is -2.33. The number of nitrogens with one attached hydrogen (secondary N) is 1. The Morgan fingerprint density at radius 2 is 1.93 bits per heavy atom. The largest absolute Gasteiger partial charge is 0.462 e. The van der Waals surface area contributed by atoms with Gasteiger partial charge >= 0.3 is 12.0 Å². The van der Waals surface area contributed by atoms with Crippen molar-refractivity contribution in [2.75, 3.05) is 44.6 Å². The fourth-order valence-corrected chi connectivity index (χ4v) is 4.61. The molecule has 1 N–H and O–H groups in total. The second-order valence-electron chi connectivity index (χ2n) is 7.50. The van der Waals surface area contributed by atoms with Crippen LogP contribution in [0, 0.1) is 0 Å². The van der Waals surface area contributed by atoms with E-state index in [1.165, 1.54) is 11.3 Å². The first kappa shape index (κ1) is 20.1. The zero-order valence-corrected chi connectivity index (χ0v) is 17.4. The number of nitrogens with zero attached hydrogens (tertiary/aromatic N) is 2. The lowest BCUT2D eigenvalue weighted by molar-refractivity contribution is -0.0384. The van der Waals surface area contributed by atoms with Gasteiger partial charge in [-0.05, 0) is 32.9 Å². The number of hydrogen-bond donors (Lipinski definition) is 1. The van der Waals surface area contributed by atoms with E-state index in [9.17, 15) is 9.59 Å². The first-order valence-corrected chi connectivity index (χ1v) is 10.4. The summed E-state index contributed by atoms with van der Waals surface area (Å²) in [5.74, 6) is -0.376. The predicted octanol–water partition coefficient (Wildman–Crippen LogP) is 2.95. The molecule has 1 fully saturated rings. The minimum Gasteiger partial charge on any atom is -0.462 e. The van der Waals surface area contributed by atoms with Crippen molar-refractivity contribution in [1.82, 2.24) is 9.80 Å². The molecule has 1 saturated heterocycles. The van der Waals surface area contributed by atoms with Crippen LogP contribution in [0.25, 0.3) is 0 Å². The molecule has 1 aromatic rings. The van der Waals surface area contributed by atoms with E-state index in [0.29, 0.717) is 43.3 Å². The van der Waals surface area contributed by atoms with Crippen LogP contribution >= 0.6 is 11.3 Å². The van der Waals surface area contributed by atoms with Gasteiger partial charge in [0, 0.05) is 37.5 Å². The van der Waals surface area contributed by atoms with Crippen molar-refractivity contribution in [3.05, 3.63) is 16.0 Å². The molecular weight excluding hydrogens is 366 g/mol. The summed E-state index contributed by atoms with van der Waals surface area (Å²) in [7, 11) is 0. The van der Waals surface area contributed by atoms with Crippen LogP contribution in [-0.2, 0) is 22.5 Å². The summed E-state index contributed by atoms with van der Waals surface area (Å²) < 4.78 is 11.1. The summed E-state index contributed by atoms with van der Waals surface area (Å²) in [6, 6.07) is -0.157. The maximum absolute atomic E-state index is 12.8. The number of piperazine rings is 1. The minimum atomic E-state index is -0.376. The topological polar surface area (TPSA) is 71.1 Å². The van der Waals surface area contributed by atoms with E-state index in [-0.39, 0.29) is 17.6 Å². The van der Waals surface area contributed by atoms with E-state index < -0.39 is 0 Å². The van der Waals surface area contributed by atoms with Crippen LogP contribution in [0.4, 0.5) is 9.80 Å². The Morgan fingerprint density at radius 1 is 1.22 bits per heavy atom. The Morgan fingerprint density at radius 3 is 2.56 bits per heavy atom. The normalized spacial score (nSPS) is 19.5. The number of carbonyl (C=O) groups excluding carboxylic acids is 2. The van der Waals surface area contributed by atoms with Gasteiger partial charge < -0.3 is 19.3 Å². The van der Waals surface area contributed by atoms with Crippen LogP contribution in [0.2, 0.25) is 0 Å². The number of carbonyl (C=O) groups is 2. The van der Waals surface area contributed by atoms with Gasteiger partial charge in [-0.15, -0.1) is 11.3 Å². The van der Waals surface area contributed by atoms with Crippen molar-refractivity contribution in [2.24, 2.45) is 0 Å². The third kappa shape index (κ3) is 4.44. The van der Waals surface area contributed by atoms with Gasteiger partial charge in [-0.1, -0.05) is 6.92 Å². The van der Waals surface area contributed by atoms with Crippen LogP contribution in [0.3, 0.4) is 0 Å². The third-order valence-electron chi connectivity index (χ3n) is 5.09. The highest BCUT2D eigenvalue weighted by Crippen LogP contribution is 2.40. The van der Waals surface area contributed by atoms with E-state index in [0.717, 1.165) is 30.1 Å². The zero-order valence-electron chi connectivity index (χ0n) is 16.6. The van der Waals surface area contributed by atoms with E-state index in [2.05, 4.69) is 17.1 Å². The van der Waals surface area contributed by atoms with Gasteiger partial charge in [0.05, 0.1) is 24.4 Å². The Bertz CT molecular complexity index is 708. The number of hydrogen-bond acceptors (Lipinski definition) is 6. The molecule has 150 valence electrons. The maximum Gasteiger partial charge on any atom is 0.341 e. The van der Waals surface area contributed by atoms with Crippen molar-refractivity contribution in [2.45, 2.75) is 46.3 Å². The van der Waals surface area contributed by atoms with Gasteiger partial charge in [0.25, 0.3) is 0 Å². The molecule has 2 amide bonds. The molecule has 0 unspecified atom stereocenters. The van der Waals surface area contributed by atoms with Crippen molar-refractivity contribution in [3.8, 4) is 0 Å². The third-order valence-corrected chi connectivity index (χ3v) is 6.21. The first-order valence-electron chi connectivity index (χ1n) is 9.58. The van der Waals surface area contributed by atoms with Crippen molar-refractivity contribution >= 4 is 28.3 Å². The molecule has 2 aliphatic heterocycles. The SMILES string of the molecule is CCOC(=O)c1c(NC(=O)N2CCN(CC)CC2)sc2c1CC(C)(C)OC2. The fourth-order valence-electron chi connectivity index (χ4n) is 3.50. The Hall–Kier alpha value is -1.64. The number of anilines is 1. The van der Waals surface area contributed by atoms with Crippen LogP contribution in [0.1, 0.15) is 48.5 Å². The Labute approximate surface area is 164 Å². The quantitative estimate of drug-likeness (QED) is 0.794. The molecule has 0 spiro atoms. The van der Waals surface area contributed by atoms with Crippen LogP contribution < -0.4 is 5.32 Å². The Balaban J connectivity index is 1.81. The number of likely N-dealkylation sites (N-methyl/N-ethyl adjacent to an activating group) is 1. The zero-order chi connectivity index (χ0) is 19.6. The van der Waals surface area contributed by atoms with Crippen molar-refractivity contribution in [1.29, 1.82) is 0 Å². The molecule has 0 aromatic carbocycles. The number of thiophene rings is 1. The highest BCUT2D eigenvalue weighted by Gasteiger charge is 2.35. The number of ether oxygens (including phenoxy) is 2. The standard InChI is InChI=1S/C19H29N3O4S/c1-5-21-7-9-22(10-8-21)18(24)20-16-15(17(23)25-6-2)13-11-19(3,4)26-12-14(13)27-16/h5-12H2,1-4H3,(H,20,24). The number of urea groups is 1. The smallest absolute Gasteiger partial charge is 0.341 e. The summed E-state index contributed by atoms with van der Waals surface area (Å²) in [5, 5.41) is 3.54. The molecule has 0 aliphatic carbocycles. The number of amides is 2. The van der Waals surface area contributed by atoms with Gasteiger partial charge in [-0.25, -0.2) is 9.59 Å². The lowest BCUT2D eigenvalue weighted by atomic mass is 9.93. The van der Waals surface area contributed by atoms with Crippen molar-refractivity contribution in [3.63, 3.8) is 0 Å². The van der Waals surface area contributed by atoms with Crippen LogP contribution in [0.15, 0.2) is 0 Å². The van der Waals surface area contributed by atoms with Gasteiger partial charge in [0.2, 0.25) is 0 Å². The molecule has 0 saturated carbocycles. The van der Waals surface area contributed by atoms with Crippen LogP contribution in [0.5, 0.6) is 0 Å². The van der Waals surface area contributed by atoms with Crippen LogP contribution in [-0.4, -0.2) is 66.7 Å². The average Bonchev–Trinajstić information content (AvgIpc) is 2.97.